The van der Waals surface area contributed by atoms with Gasteiger partial charge in [0.1, 0.15) is 5.02 Å². The highest BCUT2D eigenvalue weighted by Gasteiger charge is 2.31. The molecule has 1 aromatic carbocycles. The summed E-state index contributed by atoms with van der Waals surface area (Å²) in [5.74, 6) is -1.73. The van der Waals surface area contributed by atoms with Crippen LogP contribution in [0.1, 0.15) is 10.4 Å². The topological polar surface area (TPSA) is 110 Å². The fourth-order valence-corrected chi connectivity index (χ4v) is 2.26. The first-order valence-corrected chi connectivity index (χ1v) is 6.36. The third kappa shape index (κ3) is 3.11. The Labute approximate surface area is 124 Å². The monoisotopic (exact) mass is 314 g/mol. The van der Waals surface area contributed by atoms with E-state index in [1.165, 1.54) is 23.1 Å². The van der Waals surface area contributed by atoms with E-state index in [1.54, 1.807) is 0 Å². The summed E-state index contributed by atoms with van der Waals surface area (Å²) >= 11 is 5.88. The van der Waals surface area contributed by atoms with Crippen molar-refractivity contribution in [2.45, 2.75) is 6.10 Å². The molecule has 9 heteroatoms. The second-order valence-electron chi connectivity index (χ2n) is 4.34. The second-order valence-corrected chi connectivity index (χ2v) is 4.72. The predicted molar refractivity (Wildman–Crippen MR) is 71.4 cm³/mol. The average Bonchev–Trinajstić information content (AvgIpc) is 2.46. The molecule has 0 aromatic heterocycles. The summed E-state index contributed by atoms with van der Waals surface area (Å²) in [4.78, 5) is 34.6. The van der Waals surface area contributed by atoms with E-state index in [1.807, 2.05) is 0 Å². The first-order chi connectivity index (χ1) is 9.91. The smallest absolute Gasteiger partial charge is 0.334 e. The summed E-state index contributed by atoms with van der Waals surface area (Å²) in [5.41, 5.74) is -0.400. The molecular formula is C12H11ClN2O6. The maximum atomic E-state index is 12.3. The summed E-state index contributed by atoms with van der Waals surface area (Å²) in [5, 5.41) is 19.5. The van der Waals surface area contributed by atoms with Gasteiger partial charge in [0.05, 0.1) is 23.6 Å². The van der Waals surface area contributed by atoms with E-state index >= 15 is 0 Å². The standard InChI is InChI=1S/C12H11ClN2O6/c13-10-7(2-1-3-8(10)15(19)20)11(16)14-4-5-21-9(6-14)12(17)18/h1-3,9H,4-6H2,(H,17,18). The minimum absolute atomic E-state index is 0.0306. The number of nitro groups is 1. The summed E-state index contributed by atoms with van der Waals surface area (Å²) in [6.07, 6.45) is -1.11. The van der Waals surface area contributed by atoms with E-state index in [2.05, 4.69) is 0 Å². The highest BCUT2D eigenvalue weighted by atomic mass is 35.5. The number of carboxylic acids is 1. The molecule has 1 aliphatic heterocycles. The number of hydrogen-bond acceptors (Lipinski definition) is 5. The summed E-state index contributed by atoms with van der Waals surface area (Å²) in [6.45, 7) is 0.143. The zero-order valence-electron chi connectivity index (χ0n) is 10.7. The van der Waals surface area contributed by atoms with Gasteiger partial charge in [-0.05, 0) is 6.07 Å². The van der Waals surface area contributed by atoms with E-state index in [4.69, 9.17) is 21.4 Å². The molecule has 0 radical (unpaired) electrons. The molecule has 0 spiro atoms. The van der Waals surface area contributed by atoms with Crippen molar-refractivity contribution in [2.24, 2.45) is 0 Å². The molecule has 1 N–H and O–H groups in total. The number of carboxylic acid groups (broad SMARTS) is 1. The highest BCUT2D eigenvalue weighted by Crippen LogP contribution is 2.29. The molecule has 2 rings (SSSR count). The molecule has 1 atom stereocenters. The predicted octanol–water partition coefficient (Wildman–Crippen LogP) is 1.17. The Balaban J connectivity index is 2.26. The summed E-state index contributed by atoms with van der Waals surface area (Å²) < 4.78 is 5.01. The van der Waals surface area contributed by atoms with Crippen LogP contribution in [-0.4, -0.2) is 52.6 Å². The third-order valence-corrected chi connectivity index (χ3v) is 3.43. The number of carbonyl (C=O) groups excluding carboxylic acids is 1. The normalized spacial score (nSPS) is 18.3. The average molecular weight is 315 g/mol. The Kier molecular flexibility index (Phi) is 4.39. The molecule has 1 heterocycles. The van der Waals surface area contributed by atoms with Gasteiger partial charge in [0.15, 0.2) is 6.10 Å². The van der Waals surface area contributed by atoms with Crippen LogP contribution < -0.4 is 0 Å². The molecule has 1 aromatic rings. The van der Waals surface area contributed by atoms with Crippen LogP contribution in [0, 0.1) is 10.1 Å². The zero-order chi connectivity index (χ0) is 15.6. The number of nitrogens with zero attached hydrogens (tertiary/aromatic N) is 2. The van der Waals surface area contributed by atoms with Crippen LogP contribution in [0.2, 0.25) is 5.02 Å². The van der Waals surface area contributed by atoms with E-state index < -0.39 is 22.9 Å². The van der Waals surface area contributed by atoms with Crippen LogP contribution in [-0.2, 0) is 9.53 Å². The Morgan fingerprint density at radius 1 is 1.48 bits per heavy atom. The fourth-order valence-electron chi connectivity index (χ4n) is 1.98. The highest BCUT2D eigenvalue weighted by molar-refractivity contribution is 6.35. The van der Waals surface area contributed by atoms with Crippen LogP contribution in [0.25, 0.3) is 0 Å². The maximum Gasteiger partial charge on any atom is 0.334 e. The number of nitro benzene ring substituents is 1. The van der Waals surface area contributed by atoms with Crippen molar-refractivity contribution in [3.63, 3.8) is 0 Å². The van der Waals surface area contributed by atoms with Crippen molar-refractivity contribution in [3.05, 3.63) is 38.9 Å². The van der Waals surface area contributed by atoms with Crippen LogP contribution >= 0.6 is 11.6 Å². The number of morpholine rings is 1. The van der Waals surface area contributed by atoms with Gasteiger partial charge in [-0.25, -0.2) is 4.79 Å². The van der Waals surface area contributed by atoms with E-state index in [0.29, 0.717) is 0 Å². The van der Waals surface area contributed by atoms with E-state index in [-0.39, 0.29) is 36.0 Å². The molecule has 0 bridgehead atoms. The molecule has 8 nitrogen and oxygen atoms in total. The number of halogens is 1. The molecule has 1 amide bonds. The molecule has 0 aliphatic carbocycles. The van der Waals surface area contributed by atoms with Gasteiger partial charge in [0.2, 0.25) is 0 Å². The summed E-state index contributed by atoms with van der Waals surface area (Å²) in [7, 11) is 0. The molecule has 1 saturated heterocycles. The first-order valence-electron chi connectivity index (χ1n) is 5.98. The first kappa shape index (κ1) is 15.2. The Hall–Kier alpha value is -2.19. The van der Waals surface area contributed by atoms with Crippen molar-refractivity contribution in [1.29, 1.82) is 0 Å². The van der Waals surface area contributed by atoms with E-state index in [9.17, 15) is 19.7 Å². The lowest BCUT2D eigenvalue weighted by Crippen LogP contribution is -2.48. The quantitative estimate of drug-likeness (QED) is 0.662. The number of hydrogen-bond donors (Lipinski definition) is 1. The molecule has 0 saturated carbocycles. The Bertz CT molecular complexity index is 605. The minimum Gasteiger partial charge on any atom is -0.479 e. The van der Waals surface area contributed by atoms with Crippen molar-refractivity contribution in [2.75, 3.05) is 19.7 Å². The van der Waals surface area contributed by atoms with Gasteiger partial charge in [-0.1, -0.05) is 17.7 Å². The minimum atomic E-state index is -1.17. The number of benzene rings is 1. The van der Waals surface area contributed by atoms with Crippen molar-refractivity contribution >= 4 is 29.2 Å². The molecular weight excluding hydrogens is 304 g/mol. The van der Waals surface area contributed by atoms with Gasteiger partial charge in [0, 0.05) is 12.6 Å². The fraction of sp³-hybridized carbons (Fsp3) is 0.333. The van der Waals surface area contributed by atoms with Crippen LogP contribution in [0.3, 0.4) is 0 Å². The van der Waals surface area contributed by atoms with Gasteiger partial charge in [-0.3, -0.25) is 14.9 Å². The van der Waals surface area contributed by atoms with Crippen LogP contribution in [0.15, 0.2) is 18.2 Å². The lowest BCUT2D eigenvalue weighted by atomic mass is 10.1. The number of ether oxygens (including phenoxy) is 1. The number of carbonyl (C=O) groups is 2. The number of aliphatic carboxylic acids is 1. The van der Waals surface area contributed by atoms with Crippen molar-refractivity contribution in [1.82, 2.24) is 4.90 Å². The maximum absolute atomic E-state index is 12.3. The van der Waals surface area contributed by atoms with Gasteiger partial charge >= 0.3 is 5.97 Å². The Morgan fingerprint density at radius 2 is 2.19 bits per heavy atom. The molecule has 112 valence electrons. The number of amides is 1. The molecule has 1 unspecified atom stereocenters. The Morgan fingerprint density at radius 3 is 2.81 bits per heavy atom. The lowest BCUT2D eigenvalue weighted by Gasteiger charge is -2.31. The molecule has 1 fully saturated rings. The van der Waals surface area contributed by atoms with Gasteiger partial charge in [-0.15, -0.1) is 0 Å². The number of rotatable bonds is 3. The molecule has 21 heavy (non-hydrogen) atoms. The van der Waals surface area contributed by atoms with Gasteiger partial charge in [0.25, 0.3) is 11.6 Å². The lowest BCUT2D eigenvalue weighted by molar-refractivity contribution is -0.384. The molecule has 1 aliphatic rings. The third-order valence-electron chi connectivity index (χ3n) is 3.03. The van der Waals surface area contributed by atoms with Crippen molar-refractivity contribution < 1.29 is 24.4 Å². The SMILES string of the molecule is O=C(O)C1CN(C(=O)c2cccc([N+](=O)[O-])c2Cl)CCO1. The van der Waals surface area contributed by atoms with Gasteiger partial charge in [-0.2, -0.15) is 0 Å². The van der Waals surface area contributed by atoms with Crippen LogP contribution in [0.4, 0.5) is 5.69 Å². The van der Waals surface area contributed by atoms with Crippen LogP contribution in [0.5, 0.6) is 0 Å². The zero-order valence-corrected chi connectivity index (χ0v) is 11.4. The summed E-state index contributed by atoms with van der Waals surface area (Å²) in [6, 6.07) is 3.91. The second kappa shape index (κ2) is 6.06. The van der Waals surface area contributed by atoms with Crippen molar-refractivity contribution in [3.8, 4) is 0 Å². The van der Waals surface area contributed by atoms with E-state index in [0.717, 1.165) is 0 Å². The van der Waals surface area contributed by atoms with Gasteiger partial charge < -0.3 is 14.7 Å². The largest absolute Gasteiger partial charge is 0.479 e.